The molecule has 0 saturated carbocycles. The van der Waals surface area contributed by atoms with Gasteiger partial charge in [-0.2, -0.15) is 0 Å². The average molecular weight is 346 g/mol. The van der Waals surface area contributed by atoms with E-state index in [4.69, 9.17) is 4.74 Å². The molecular formula is C14H17BrFNO3. The molecule has 0 aliphatic heterocycles. The summed E-state index contributed by atoms with van der Waals surface area (Å²) in [7, 11) is 0. The number of benzene rings is 1. The minimum Gasteiger partial charge on any atom is -0.452 e. The molecule has 4 nitrogen and oxygen atoms in total. The van der Waals surface area contributed by atoms with E-state index in [0.717, 1.165) is 25.3 Å². The molecule has 0 aromatic heterocycles. The lowest BCUT2D eigenvalue weighted by atomic mass is 10.2. The highest BCUT2D eigenvalue weighted by Crippen LogP contribution is 2.18. The van der Waals surface area contributed by atoms with Crippen molar-refractivity contribution in [3.8, 4) is 0 Å². The van der Waals surface area contributed by atoms with Gasteiger partial charge in [-0.25, -0.2) is 9.18 Å². The zero-order valence-electron chi connectivity index (χ0n) is 11.2. The molecule has 1 N–H and O–H groups in total. The molecule has 1 amide bonds. The summed E-state index contributed by atoms with van der Waals surface area (Å²) >= 11 is 3.13. The lowest BCUT2D eigenvalue weighted by molar-refractivity contribution is -0.124. The maximum absolute atomic E-state index is 13.0. The fraction of sp³-hybridized carbons (Fsp3) is 0.429. The van der Waals surface area contributed by atoms with Gasteiger partial charge in [0.25, 0.3) is 5.91 Å². The van der Waals surface area contributed by atoms with E-state index in [0.29, 0.717) is 11.0 Å². The van der Waals surface area contributed by atoms with Gasteiger partial charge in [0.15, 0.2) is 6.61 Å². The van der Waals surface area contributed by atoms with Crippen LogP contribution >= 0.6 is 15.9 Å². The van der Waals surface area contributed by atoms with Crippen molar-refractivity contribution in [2.24, 2.45) is 0 Å². The van der Waals surface area contributed by atoms with Gasteiger partial charge >= 0.3 is 5.97 Å². The molecule has 0 saturated heterocycles. The summed E-state index contributed by atoms with van der Waals surface area (Å²) in [6, 6.07) is 3.70. The lowest BCUT2D eigenvalue weighted by Crippen LogP contribution is -2.29. The van der Waals surface area contributed by atoms with Crippen LogP contribution in [0.1, 0.15) is 36.5 Å². The first-order valence-corrected chi connectivity index (χ1v) is 7.22. The van der Waals surface area contributed by atoms with Crippen molar-refractivity contribution in [2.45, 2.75) is 26.2 Å². The van der Waals surface area contributed by atoms with Crippen LogP contribution in [0.15, 0.2) is 22.7 Å². The van der Waals surface area contributed by atoms with Crippen molar-refractivity contribution < 1.29 is 18.7 Å². The number of carbonyl (C=O) groups is 2. The van der Waals surface area contributed by atoms with E-state index in [1.165, 1.54) is 12.1 Å². The van der Waals surface area contributed by atoms with Crippen LogP contribution < -0.4 is 5.32 Å². The number of amides is 1. The number of esters is 1. The molecular weight excluding hydrogens is 329 g/mol. The number of hydrogen-bond donors (Lipinski definition) is 1. The summed E-state index contributed by atoms with van der Waals surface area (Å²) in [4.78, 5) is 23.1. The summed E-state index contributed by atoms with van der Waals surface area (Å²) in [5.74, 6) is -1.63. The number of hydrogen-bond acceptors (Lipinski definition) is 3. The summed E-state index contributed by atoms with van der Waals surface area (Å²) in [5.41, 5.74) is 0.0591. The van der Waals surface area contributed by atoms with Crippen molar-refractivity contribution in [3.63, 3.8) is 0 Å². The third-order valence-corrected chi connectivity index (χ3v) is 3.28. The highest BCUT2D eigenvalue weighted by Gasteiger charge is 2.14. The molecule has 0 radical (unpaired) electrons. The fourth-order valence-electron chi connectivity index (χ4n) is 1.52. The molecule has 0 atom stereocenters. The second-order valence-electron chi connectivity index (χ2n) is 4.26. The Bertz CT molecular complexity index is 479. The highest BCUT2D eigenvalue weighted by molar-refractivity contribution is 9.10. The minimum absolute atomic E-state index is 0.0591. The number of carbonyl (C=O) groups excluding carboxylic acids is 2. The smallest absolute Gasteiger partial charge is 0.339 e. The Morgan fingerprint density at radius 3 is 2.80 bits per heavy atom. The van der Waals surface area contributed by atoms with Gasteiger partial charge in [-0.15, -0.1) is 0 Å². The Morgan fingerprint density at radius 1 is 1.35 bits per heavy atom. The van der Waals surface area contributed by atoms with Crippen LogP contribution in [-0.4, -0.2) is 25.0 Å². The molecule has 0 bridgehead atoms. The van der Waals surface area contributed by atoms with Crippen LogP contribution in [0.2, 0.25) is 0 Å². The topological polar surface area (TPSA) is 55.4 Å². The number of rotatable bonds is 7. The predicted molar refractivity (Wildman–Crippen MR) is 76.9 cm³/mol. The highest BCUT2D eigenvalue weighted by atomic mass is 79.9. The van der Waals surface area contributed by atoms with Crippen molar-refractivity contribution >= 4 is 27.8 Å². The van der Waals surface area contributed by atoms with Crippen molar-refractivity contribution in [2.75, 3.05) is 13.2 Å². The second-order valence-corrected chi connectivity index (χ2v) is 5.11. The van der Waals surface area contributed by atoms with Crippen LogP contribution in [0.4, 0.5) is 4.39 Å². The number of unbranched alkanes of at least 4 members (excludes halogenated alkanes) is 2. The van der Waals surface area contributed by atoms with E-state index in [2.05, 4.69) is 28.2 Å². The van der Waals surface area contributed by atoms with Crippen LogP contribution in [0.5, 0.6) is 0 Å². The van der Waals surface area contributed by atoms with E-state index in [1.54, 1.807) is 0 Å². The van der Waals surface area contributed by atoms with E-state index >= 15 is 0 Å². The largest absolute Gasteiger partial charge is 0.452 e. The standard InChI is InChI=1S/C14H17BrFNO3/c1-2-3-4-7-17-13(18)9-20-14(19)11-8-10(16)5-6-12(11)15/h5-6,8H,2-4,7,9H2,1H3,(H,17,18). The van der Waals surface area contributed by atoms with E-state index < -0.39 is 11.8 Å². The number of ether oxygens (including phenoxy) is 1. The first-order chi connectivity index (χ1) is 9.54. The van der Waals surface area contributed by atoms with Gasteiger partial charge < -0.3 is 10.1 Å². The molecule has 20 heavy (non-hydrogen) atoms. The fourth-order valence-corrected chi connectivity index (χ4v) is 1.93. The van der Waals surface area contributed by atoms with Crippen molar-refractivity contribution in [1.29, 1.82) is 0 Å². The van der Waals surface area contributed by atoms with Gasteiger partial charge in [0, 0.05) is 11.0 Å². The third kappa shape index (κ3) is 5.69. The Kier molecular flexibility index (Phi) is 7.22. The molecule has 0 aliphatic carbocycles. The second kappa shape index (κ2) is 8.68. The molecule has 0 heterocycles. The van der Waals surface area contributed by atoms with E-state index in [9.17, 15) is 14.0 Å². The summed E-state index contributed by atoms with van der Waals surface area (Å²) < 4.78 is 18.3. The predicted octanol–water partition coefficient (Wildman–Crippen LogP) is 3.05. The first-order valence-electron chi connectivity index (χ1n) is 6.43. The average Bonchev–Trinajstić information content (AvgIpc) is 2.43. The third-order valence-electron chi connectivity index (χ3n) is 2.59. The maximum atomic E-state index is 13.0. The van der Waals surface area contributed by atoms with Crippen molar-refractivity contribution in [3.05, 3.63) is 34.1 Å². The molecule has 0 aliphatic rings. The van der Waals surface area contributed by atoms with Crippen LogP contribution in [0.25, 0.3) is 0 Å². The Morgan fingerprint density at radius 2 is 2.10 bits per heavy atom. The van der Waals surface area contributed by atoms with Gasteiger partial charge in [-0.05, 0) is 40.5 Å². The lowest BCUT2D eigenvalue weighted by Gasteiger charge is -2.07. The molecule has 0 fully saturated rings. The molecule has 6 heteroatoms. The van der Waals surface area contributed by atoms with Crippen LogP contribution in [0, 0.1) is 5.82 Å². The van der Waals surface area contributed by atoms with E-state index in [-0.39, 0.29) is 18.1 Å². The molecule has 1 rings (SSSR count). The van der Waals surface area contributed by atoms with Gasteiger partial charge in [0.2, 0.25) is 0 Å². The summed E-state index contributed by atoms with van der Waals surface area (Å²) in [6.07, 6.45) is 3.00. The van der Waals surface area contributed by atoms with Crippen LogP contribution in [-0.2, 0) is 9.53 Å². The minimum atomic E-state index is -0.736. The number of halogens is 2. The normalized spacial score (nSPS) is 10.2. The quantitative estimate of drug-likeness (QED) is 0.610. The summed E-state index contributed by atoms with van der Waals surface area (Å²) in [6.45, 7) is 2.27. The van der Waals surface area contributed by atoms with E-state index in [1.807, 2.05) is 0 Å². The molecule has 1 aromatic rings. The molecule has 0 unspecified atom stereocenters. The van der Waals surface area contributed by atoms with Gasteiger partial charge in [0.1, 0.15) is 5.82 Å². The van der Waals surface area contributed by atoms with Gasteiger partial charge in [0.05, 0.1) is 5.56 Å². The molecule has 110 valence electrons. The Hall–Kier alpha value is -1.43. The zero-order chi connectivity index (χ0) is 15.0. The monoisotopic (exact) mass is 345 g/mol. The van der Waals surface area contributed by atoms with Gasteiger partial charge in [-0.1, -0.05) is 19.8 Å². The SMILES string of the molecule is CCCCCNC(=O)COC(=O)c1cc(F)ccc1Br. The van der Waals surface area contributed by atoms with Crippen molar-refractivity contribution in [1.82, 2.24) is 5.32 Å². The first kappa shape index (κ1) is 16.6. The summed E-state index contributed by atoms with van der Waals surface area (Å²) in [5, 5.41) is 2.65. The maximum Gasteiger partial charge on any atom is 0.339 e. The Labute approximate surface area is 125 Å². The van der Waals surface area contributed by atoms with Gasteiger partial charge in [-0.3, -0.25) is 4.79 Å². The molecule has 0 spiro atoms. The number of nitrogens with one attached hydrogen (secondary N) is 1. The Balaban J connectivity index is 2.39. The molecule has 1 aromatic carbocycles. The van der Waals surface area contributed by atoms with Crippen LogP contribution in [0.3, 0.4) is 0 Å². The zero-order valence-corrected chi connectivity index (χ0v) is 12.8.